The molecule has 114 valence electrons. The molecule has 1 saturated carbocycles. The highest BCUT2D eigenvalue weighted by Crippen LogP contribution is 2.27. The number of hydrogen-bond donors (Lipinski definition) is 0. The molecule has 0 unspecified atom stereocenters. The molecule has 2 fully saturated rings. The summed E-state index contributed by atoms with van der Waals surface area (Å²) in [4.78, 5) is 28.2. The van der Waals surface area contributed by atoms with Gasteiger partial charge in [-0.25, -0.2) is 0 Å². The van der Waals surface area contributed by atoms with Crippen LogP contribution in [-0.4, -0.2) is 60.5 Å². The minimum absolute atomic E-state index is 0.0625. The van der Waals surface area contributed by atoms with Crippen LogP contribution in [0, 0.1) is 5.92 Å². The van der Waals surface area contributed by atoms with Gasteiger partial charge in [-0.3, -0.25) is 14.5 Å². The normalized spacial score (nSPS) is 23.4. The van der Waals surface area contributed by atoms with Crippen molar-refractivity contribution in [3.8, 4) is 0 Å². The number of nitrogens with zero attached hydrogens (tertiary/aromatic N) is 2. The van der Waals surface area contributed by atoms with Crippen molar-refractivity contribution in [2.75, 3.05) is 32.8 Å². The Morgan fingerprint density at radius 1 is 1.25 bits per heavy atom. The van der Waals surface area contributed by atoms with Crippen molar-refractivity contribution in [3.63, 3.8) is 0 Å². The molecule has 0 radical (unpaired) electrons. The summed E-state index contributed by atoms with van der Waals surface area (Å²) in [5.41, 5.74) is 0. The number of hydrogen-bond acceptors (Lipinski definition) is 4. The molecule has 5 nitrogen and oxygen atoms in total. The first-order valence-corrected chi connectivity index (χ1v) is 7.84. The molecule has 0 N–H and O–H groups in total. The third-order valence-corrected chi connectivity index (χ3v) is 4.13. The highest BCUT2D eigenvalue weighted by Gasteiger charge is 2.33. The summed E-state index contributed by atoms with van der Waals surface area (Å²) < 4.78 is 5.09. The van der Waals surface area contributed by atoms with Crippen LogP contribution in [0.4, 0.5) is 0 Å². The zero-order chi connectivity index (χ0) is 14.5. The average molecular weight is 282 g/mol. The van der Waals surface area contributed by atoms with Gasteiger partial charge in [0.25, 0.3) is 0 Å². The second-order valence-corrected chi connectivity index (χ2v) is 5.74. The number of carbonyl (C=O) groups is 2. The molecule has 1 aliphatic heterocycles. The topological polar surface area (TPSA) is 49.9 Å². The number of rotatable bonds is 6. The second kappa shape index (κ2) is 7.07. The van der Waals surface area contributed by atoms with E-state index in [-0.39, 0.29) is 17.8 Å². The largest absolute Gasteiger partial charge is 0.466 e. The summed E-state index contributed by atoms with van der Waals surface area (Å²) in [7, 11) is 0. The van der Waals surface area contributed by atoms with E-state index in [4.69, 9.17) is 4.74 Å². The first-order valence-electron chi connectivity index (χ1n) is 7.84. The van der Waals surface area contributed by atoms with Gasteiger partial charge in [0.2, 0.25) is 5.91 Å². The first-order chi connectivity index (χ1) is 9.65. The predicted molar refractivity (Wildman–Crippen MR) is 76.2 cm³/mol. The number of likely N-dealkylation sites (tertiary alicyclic amines) is 1. The fourth-order valence-electron chi connectivity index (χ4n) is 2.96. The molecule has 2 rings (SSSR count). The SMILES string of the molecule is CCOC(=O)[C@H]1CCCN(CC(=O)N(CC)C2CC2)C1. The molecule has 5 heteroatoms. The van der Waals surface area contributed by atoms with Gasteiger partial charge in [-0.1, -0.05) is 0 Å². The van der Waals surface area contributed by atoms with Crippen LogP contribution >= 0.6 is 0 Å². The van der Waals surface area contributed by atoms with E-state index in [1.54, 1.807) is 0 Å². The predicted octanol–water partition coefficient (Wildman–Crippen LogP) is 1.27. The van der Waals surface area contributed by atoms with E-state index >= 15 is 0 Å². The van der Waals surface area contributed by atoms with Crippen LogP contribution in [-0.2, 0) is 14.3 Å². The van der Waals surface area contributed by atoms with E-state index in [9.17, 15) is 9.59 Å². The minimum Gasteiger partial charge on any atom is -0.466 e. The highest BCUT2D eigenvalue weighted by atomic mass is 16.5. The zero-order valence-corrected chi connectivity index (χ0v) is 12.6. The highest BCUT2D eigenvalue weighted by molar-refractivity contribution is 5.79. The summed E-state index contributed by atoms with van der Waals surface area (Å²) in [6.45, 7) is 7.10. The summed E-state index contributed by atoms with van der Waals surface area (Å²) in [5, 5.41) is 0. The third-order valence-electron chi connectivity index (χ3n) is 4.13. The number of piperidine rings is 1. The monoisotopic (exact) mass is 282 g/mol. The van der Waals surface area contributed by atoms with Crippen LogP contribution in [0.15, 0.2) is 0 Å². The number of ether oxygens (including phenoxy) is 1. The van der Waals surface area contributed by atoms with E-state index in [2.05, 4.69) is 4.90 Å². The van der Waals surface area contributed by atoms with Gasteiger partial charge in [0.05, 0.1) is 19.1 Å². The molecule has 1 atom stereocenters. The number of esters is 1. The fraction of sp³-hybridized carbons (Fsp3) is 0.867. The van der Waals surface area contributed by atoms with Gasteiger partial charge in [-0.15, -0.1) is 0 Å². The van der Waals surface area contributed by atoms with Gasteiger partial charge >= 0.3 is 5.97 Å². The Bertz CT molecular complexity index is 355. The van der Waals surface area contributed by atoms with E-state index in [0.717, 1.165) is 38.8 Å². The van der Waals surface area contributed by atoms with E-state index in [0.29, 0.717) is 25.7 Å². The standard InChI is InChI=1S/C15H26N2O3/c1-3-17(13-7-8-13)14(18)11-16-9-5-6-12(10-16)15(19)20-4-2/h12-13H,3-11H2,1-2H3/t12-/m0/s1. The Hall–Kier alpha value is -1.10. The lowest BCUT2D eigenvalue weighted by atomic mass is 9.98. The van der Waals surface area contributed by atoms with Crippen LogP contribution in [0.2, 0.25) is 0 Å². The van der Waals surface area contributed by atoms with Crippen LogP contribution in [0.25, 0.3) is 0 Å². The number of amides is 1. The maximum atomic E-state index is 12.3. The van der Waals surface area contributed by atoms with Crippen molar-refractivity contribution >= 4 is 11.9 Å². The molecular formula is C15H26N2O3. The zero-order valence-electron chi connectivity index (χ0n) is 12.6. The Morgan fingerprint density at radius 3 is 2.60 bits per heavy atom. The van der Waals surface area contributed by atoms with Crippen molar-refractivity contribution in [3.05, 3.63) is 0 Å². The molecular weight excluding hydrogens is 256 g/mol. The summed E-state index contributed by atoms with van der Waals surface area (Å²) in [5.74, 6) is 0.0335. The first kappa shape index (κ1) is 15.3. The smallest absolute Gasteiger partial charge is 0.310 e. The molecule has 0 spiro atoms. The van der Waals surface area contributed by atoms with Crippen LogP contribution in [0.3, 0.4) is 0 Å². The van der Waals surface area contributed by atoms with Gasteiger partial charge in [0.15, 0.2) is 0 Å². The molecule has 1 saturated heterocycles. The molecule has 1 aliphatic carbocycles. The molecule has 0 aromatic rings. The quantitative estimate of drug-likeness (QED) is 0.689. The number of likely N-dealkylation sites (N-methyl/N-ethyl adjacent to an activating group) is 1. The average Bonchev–Trinajstić information content (AvgIpc) is 3.25. The lowest BCUT2D eigenvalue weighted by Gasteiger charge is -2.32. The Kier molecular flexibility index (Phi) is 5.40. The van der Waals surface area contributed by atoms with Gasteiger partial charge in [0, 0.05) is 19.1 Å². The second-order valence-electron chi connectivity index (χ2n) is 5.74. The van der Waals surface area contributed by atoms with Gasteiger partial charge < -0.3 is 9.64 Å². The van der Waals surface area contributed by atoms with Crippen molar-refractivity contribution in [1.82, 2.24) is 9.80 Å². The van der Waals surface area contributed by atoms with Crippen LogP contribution < -0.4 is 0 Å². The van der Waals surface area contributed by atoms with Crippen LogP contribution in [0.5, 0.6) is 0 Å². The molecule has 2 aliphatic rings. The van der Waals surface area contributed by atoms with Gasteiger partial charge in [-0.05, 0) is 46.1 Å². The molecule has 0 aromatic heterocycles. The summed E-state index contributed by atoms with van der Waals surface area (Å²) in [6.07, 6.45) is 4.13. The Balaban J connectivity index is 1.82. The lowest BCUT2D eigenvalue weighted by molar-refractivity contribution is -0.150. The fourth-order valence-corrected chi connectivity index (χ4v) is 2.96. The van der Waals surface area contributed by atoms with E-state index in [1.807, 2.05) is 18.7 Å². The summed E-state index contributed by atoms with van der Waals surface area (Å²) in [6, 6.07) is 0.471. The molecule has 0 bridgehead atoms. The maximum Gasteiger partial charge on any atom is 0.310 e. The maximum absolute atomic E-state index is 12.3. The van der Waals surface area contributed by atoms with Gasteiger partial charge in [-0.2, -0.15) is 0 Å². The van der Waals surface area contributed by atoms with Gasteiger partial charge in [0.1, 0.15) is 0 Å². The Morgan fingerprint density at radius 2 is 2.00 bits per heavy atom. The van der Waals surface area contributed by atoms with Crippen molar-refractivity contribution in [1.29, 1.82) is 0 Å². The molecule has 0 aromatic carbocycles. The molecule has 1 amide bonds. The number of carbonyl (C=O) groups excluding carboxylic acids is 2. The van der Waals surface area contributed by atoms with Crippen LogP contribution in [0.1, 0.15) is 39.5 Å². The Labute approximate surface area is 121 Å². The molecule has 1 heterocycles. The van der Waals surface area contributed by atoms with Crippen molar-refractivity contribution in [2.45, 2.75) is 45.6 Å². The lowest BCUT2D eigenvalue weighted by Crippen LogP contribution is -2.46. The third kappa shape index (κ3) is 3.95. The minimum atomic E-state index is -0.112. The van der Waals surface area contributed by atoms with E-state index < -0.39 is 0 Å². The molecule has 20 heavy (non-hydrogen) atoms. The summed E-state index contributed by atoms with van der Waals surface area (Å²) >= 11 is 0. The van der Waals surface area contributed by atoms with Crippen molar-refractivity contribution in [2.24, 2.45) is 5.92 Å². The van der Waals surface area contributed by atoms with E-state index in [1.165, 1.54) is 0 Å². The van der Waals surface area contributed by atoms with Crippen molar-refractivity contribution < 1.29 is 14.3 Å².